The van der Waals surface area contributed by atoms with E-state index in [2.05, 4.69) is 19.1 Å². The van der Waals surface area contributed by atoms with Crippen LogP contribution in [0, 0.1) is 18.8 Å². The number of rotatable bonds is 0. The molecule has 1 aromatic rings. The Morgan fingerprint density at radius 1 is 1.38 bits per heavy atom. The third-order valence-electron chi connectivity index (χ3n) is 6.70. The predicted molar refractivity (Wildman–Crippen MR) is 77.3 cm³/mol. The summed E-state index contributed by atoms with van der Waals surface area (Å²) in [6.07, 6.45) is 2.52. The minimum absolute atomic E-state index is 0.111. The van der Waals surface area contributed by atoms with Crippen LogP contribution in [0.1, 0.15) is 42.4 Å². The van der Waals surface area contributed by atoms with Crippen molar-refractivity contribution in [1.29, 1.82) is 0 Å². The molecule has 6 atom stereocenters. The van der Waals surface area contributed by atoms with Crippen molar-refractivity contribution in [3.05, 3.63) is 28.8 Å². The number of ether oxygens (including phenoxy) is 1. The highest BCUT2D eigenvalue weighted by Crippen LogP contribution is 2.65. The van der Waals surface area contributed by atoms with Crippen LogP contribution >= 0.6 is 0 Å². The molecule has 4 aliphatic rings. The fourth-order valence-electron chi connectivity index (χ4n) is 5.94. The van der Waals surface area contributed by atoms with Gasteiger partial charge in [-0.1, -0.05) is 18.6 Å². The maximum atomic E-state index is 14.4. The topological polar surface area (TPSA) is 29.5 Å². The molecule has 2 bridgehead atoms. The Morgan fingerprint density at radius 2 is 2.24 bits per heavy atom. The fourth-order valence-corrected chi connectivity index (χ4v) is 5.94. The van der Waals surface area contributed by atoms with Crippen molar-refractivity contribution in [3.63, 3.8) is 0 Å². The molecule has 1 aromatic carbocycles. The molecule has 2 fully saturated rings. The molecule has 2 saturated carbocycles. The molecule has 112 valence electrons. The zero-order valence-electron chi connectivity index (χ0n) is 12.3. The lowest BCUT2D eigenvalue weighted by Gasteiger charge is -2.56. The molecule has 0 saturated heterocycles. The monoisotopic (exact) mass is 288 g/mol. The number of benzene rings is 1. The zero-order valence-corrected chi connectivity index (χ0v) is 12.3. The van der Waals surface area contributed by atoms with Crippen molar-refractivity contribution in [2.75, 3.05) is 0 Å². The summed E-state index contributed by atoms with van der Waals surface area (Å²) < 4.78 is 20.6. The van der Waals surface area contributed by atoms with E-state index in [0.717, 1.165) is 24.2 Å². The third kappa shape index (κ3) is 1.28. The number of aliphatic hydroxyl groups excluding tert-OH is 1. The number of halogens is 1. The average molecular weight is 288 g/mol. The maximum absolute atomic E-state index is 14.4. The van der Waals surface area contributed by atoms with Gasteiger partial charge in [0.1, 0.15) is 24.1 Å². The first-order valence-corrected chi connectivity index (χ1v) is 8.24. The molecule has 1 aliphatic heterocycles. The van der Waals surface area contributed by atoms with Crippen LogP contribution in [0.15, 0.2) is 12.1 Å². The molecule has 3 heteroatoms. The molecule has 0 aromatic heterocycles. The van der Waals surface area contributed by atoms with Crippen LogP contribution in [0.2, 0.25) is 0 Å². The zero-order chi connectivity index (χ0) is 14.4. The molecular formula is C18H21FO2. The smallest absolute Gasteiger partial charge is 0.137 e. The van der Waals surface area contributed by atoms with Gasteiger partial charge >= 0.3 is 0 Å². The Kier molecular flexibility index (Phi) is 2.26. The molecule has 3 aliphatic carbocycles. The number of hydrogen-bond donors (Lipinski definition) is 1. The van der Waals surface area contributed by atoms with Gasteiger partial charge in [0.2, 0.25) is 0 Å². The Labute approximate surface area is 124 Å². The van der Waals surface area contributed by atoms with Gasteiger partial charge in [-0.05, 0) is 55.6 Å². The van der Waals surface area contributed by atoms with E-state index in [1.165, 1.54) is 24.0 Å². The molecule has 1 unspecified atom stereocenters. The second kappa shape index (κ2) is 3.81. The maximum Gasteiger partial charge on any atom is 0.137 e. The highest BCUT2D eigenvalue weighted by Gasteiger charge is 2.66. The quantitative estimate of drug-likeness (QED) is 0.795. The molecular weight excluding hydrogens is 267 g/mol. The minimum atomic E-state index is -1.13. The first kappa shape index (κ1) is 12.5. The van der Waals surface area contributed by atoms with Gasteiger partial charge in [0.25, 0.3) is 0 Å². The van der Waals surface area contributed by atoms with E-state index in [4.69, 9.17) is 4.74 Å². The Bertz CT molecular complexity index is 628. The van der Waals surface area contributed by atoms with Crippen LogP contribution in [-0.4, -0.2) is 23.5 Å². The Balaban J connectivity index is 1.81. The van der Waals surface area contributed by atoms with Gasteiger partial charge < -0.3 is 9.84 Å². The van der Waals surface area contributed by atoms with Gasteiger partial charge in [-0.2, -0.15) is 0 Å². The van der Waals surface area contributed by atoms with Crippen molar-refractivity contribution in [2.24, 2.45) is 11.8 Å². The molecule has 1 heterocycles. The lowest BCUT2D eigenvalue weighted by molar-refractivity contribution is -0.122. The van der Waals surface area contributed by atoms with Crippen LogP contribution in [0.3, 0.4) is 0 Å². The summed E-state index contributed by atoms with van der Waals surface area (Å²) >= 11 is 0. The molecule has 1 spiro atoms. The number of aliphatic hydroxyl groups is 1. The first-order valence-electron chi connectivity index (χ1n) is 8.24. The van der Waals surface area contributed by atoms with Crippen LogP contribution < -0.4 is 4.74 Å². The fraction of sp³-hybridized carbons (Fsp3) is 0.667. The first-order chi connectivity index (χ1) is 10.1. The largest absolute Gasteiger partial charge is 0.486 e. The van der Waals surface area contributed by atoms with Crippen LogP contribution in [0.5, 0.6) is 5.75 Å². The van der Waals surface area contributed by atoms with Crippen molar-refractivity contribution in [3.8, 4) is 5.75 Å². The summed E-state index contributed by atoms with van der Waals surface area (Å²) in [5.74, 6) is 1.87. The van der Waals surface area contributed by atoms with Crippen LogP contribution in [0.25, 0.3) is 0 Å². The molecule has 2 nitrogen and oxygen atoms in total. The summed E-state index contributed by atoms with van der Waals surface area (Å²) in [6, 6.07) is 4.36. The van der Waals surface area contributed by atoms with E-state index in [1.807, 2.05) is 0 Å². The third-order valence-corrected chi connectivity index (χ3v) is 6.70. The van der Waals surface area contributed by atoms with E-state index in [-0.39, 0.29) is 11.5 Å². The number of hydrogen-bond acceptors (Lipinski definition) is 2. The average Bonchev–Trinajstić information content (AvgIpc) is 2.80. The minimum Gasteiger partial charge on any atom is -0.486 e. The molecule has 1 N–H and O–H groups in total. The Morgan fingerprint density at radius 3 is 3.10 bits per heavy atom. The molecule has 5 rings (SSSR count). The lowest BCUT2D eigenvalue weighted by atomic mass is 9.48. The number of alkyl halides is 1. The normalized spacial score (nSPS) is 46.0. The second-order valence-corrected chi connectivity index (χ2v) is 7.53. The summed E-state index contributed by atoms with van der Waals surface area (Å²) in [4.78, 5) is 0. The summed E-state index contributed by atoms with van der Waals surface area (Å²) in [6.45, 7) is 2.06. The van der Waals surface area contributed by atoms with Crippen molar-refractivity contribution >= 4 is 0 Å². The van der Waals surface area contributed by atoms with E-state index in [9.17, 15) is 9.50 Å². The van der Waals surface area contributed by atoms with Crippen molar-refractivity contribution < 1.29 is 14.2 Å². The predicted octanol–water partition coefficient (Wildman–Crippen LogP) is 3.07. The lowest BCUT2D eigenvalue weighted by Crippen LogP contribution is -2.63. The highest BCUT2D eigenvalue weighted by molar-refractivity contribution is 5.57. The van der Waals surface area contributed by atoms with Gasteiger partial charge in [0.15, 0.2) is 0 Å². The SMILES string of the molecule is Cc1ccc2c3c1O[C@H]1C(O)[C@H](F)C[C@H]4[C@H](CCC[C@]314)C2. The summed E-state index contributed by atoms with van der Waals surface area (Å²) in [7, 11) is 0. The van der Waals surface area contributed by atoms with Gasteiger partial charge in [-0.15, -0.1) is 0 Å². The van der Waals surface area contributed by atoms with E-state index >= 15 is 0 Å². The molecule has 21 heavy (non-hydrogen) atoms. The van der Waals surface area contributed by atoms with Crippen molar-refractivity contribution in [1.82, 2.24) is 0 Å². The van der Waals surface area contributed by atoms with Gasteiger partial charge in [-0.25, -0.2) is 4.39 Å². The summed E-state index contributed by atoms with van der Waals surface area (Å²) in [5, 5.41) is 10.5. The number of aryl methyl sites for hydroxylation is 1. The van der Waals surface area contributed by atoms with Gasteiger partial charge in [0, 0.05) is 11.0 Å². The molecule has 0 amide bonds. The van der Waals surface area contributed by atoms with E-state index in [1.54, 1.807) is 0 Å². The van der Waals surface area contributed by atoms with Gasteiger partial charge in [-0.3, -0.25) is 0 Å². The van der Waals surface area contributed by atoms with Crippen molar-refractivity contribution in [2.45, 2.75) is 62.8 Å². The van der Waals surface area contributed by atoms with Gasteiger partial charge in [0.05, 0.1) is 0 Å². The van der Waals surface area contributed by atoms with Crippen LogP contribution in [0.4, 0.5) is 4.39 Å². The van der Waals surface area contributed by atoms with E-state index in [0.29, 0.717) is 18.3 Å². The Hall–Kier alpha value is -1.09. The highest BCUT2D eigenvalue weighted by atomic mass is 19.1. The summed E-state index contributed by atoms with van der Waals surface area (Å²) in [5.41, 5.74) is 3.74. The standard InChI is InChI=1S/C18H21FO2/c1-9-4-5-11-7-10-3-2-6-18-12(10)8-13(19)15(20)17(18)21-16(9)14(11)18/h4-5,10,12-13,15,17,20H,2-3,6-8H2,1H3/t10-,12+,13-,15?,17+,18+/m1/s1. The van der Waals surface area contributed by atoms with Crippen LogP contribution in [-0.2, 0) is 11.8 Å². The second-order valence-electron chi connectivity index (χ2n) is 7.53. The van der Waals surface area contributed by atoms with E-state index < -0.39 is 12.3 Å². The molecule has 0 radical (unpaired) electrons.